The van der Waals surface area contributed by atoms with Crippen LogP contribution in [0, 0.1) is 0 Å². The van der Waals surface area contributed by atoms with Crippen LogP contribution in [0.3, 0.4) is 0 Å². The predicted octanol–water partition coefficient (Wildman–Crippen LogP) is 3.54. The van der Waals surface area contributed by atoms with Gasteiger partial charge in [0.05, 0.1) is 7.11 Å². The van der Waals surface area contributed by atoms with Gasteiger partial charge in [0, 0.05) is 48.9 Å². The zero-order valence-corrected chi connectivity index (χ0v) is 18.3. The largest absolute Gasteiger partial charge is 0.481 e. The molecular weight excluding hydrogens is 447 g/mol. The van der Waals surface area contributed by atoms with Crippen LogP contribution in [-0.4, -0.2) is 53.6 Å². The first kappa shape index (κ1) is 20.6. The average molecular weight is 476 g/mol. The van der Waals surface area contributed by atoms with Crippen LogP contribution >= 0.6 is 35.7 Å². The fourth-order valence-electron chi connectivity index (χ4n) is 3.77. The van der Waals surface area contributed by atoms with E-state index < -0.39 is 0 Å². The Bertz CT molecular complexity index is 572. The summed E-state index contributed by atoms with van der Waals surface area (Å²) in [7, 11) is 3.54. The number of aromatic nitrogens is 1. The molecule has 1 saturated heterocycles. The third-order valence-corrected chi connectivity index (χ3v) is 6.54. The van der Waals surface area contributed by atoms with Gasteiger partial charge < -0.3 is 15.0 Å². The van der Waals surface area contributed by atoms with Gasteiger partial charge in [-0.15, -0.1) is 24.0 Å². The summed E-state index contributed by atoms with van der Waals surface area (Å²) in [6.45, 7) is 2.86. The van der Waals surface area contributed by atoms with Gasteiger partial charge in [-0.2, -0.15) is 11.8 Å². The number of nitrogens with one attached hydrogen (secondary N) is 1. The minimum Gasteiger partial charge on any atom is -0.481 e. The number of guanidine groups is 1. The Morgan fingerprint density at radius 1 is 1.40 bits per heavy atom. The zero-order valence-electron chi connectivity index (χ0n) is 15.2. The van der Waals surface area contributed by atoms with Gasteiger partial charge in [-0.1, -0.05) is 25.3 Å². The maximum Gasteiger partial charge on any atom is 0.218 e. The zero-order chi connectivity index (χ0) is 16.8. The highest BCUT2D eigenvalue weighted by Gasteiger charge is 2.38. The van der Waals surface area contributed by atoms with Crippen molar-refractivity contribution in [2.24, 2.45) is 4.99 Å². The second kappa shape index (κ2) is 9.85. The quantitative estimate of drug-likeness (QED) is 0.411. The van der Waals surface area contributed by atoms with Gasteiger partial charge in [0.2, 0.25) is 5.88 Å². The van der Waals surface area contributed by atoms with Crippen molar-refractivity contribution in [1.82, 2.24) is 15.2 Å². The van der Waals surface area contributed by atoms with E-state index >= 15 is 0 Å². The highest BCUT2D eigenvalue weighted by molar-refractivity contribution is 14.0. The van der Waals surface area contributed by atoms with Crippen molar-refractivity contribution in [2.75, 3.05) is 33.0 Å². The molecule has 5 nitrogen and oxygen atoms in total. The number of hydrogen-bond donors (Lipinski definition) is 1. The van der Waals surface area contributed by atoms with Gasteiger partial charge in [-0.25, -0.2) is 4.98 Å². The van der Waals surface area contributed by atoms with E-state index in [-0.39, 0.29) is 24.0 Å². The Balaban J connectivity index is 0.00000225. The Morgan fingerprint density at radius 2 is 2.20 bits per heavy atom. The number of hydrogen-bond acceptors (Lipinski definition) is 4. The molecule has 1 N–H and O–H groups in total. The molecule has 2 heterocycles. The summed E-state index contributed by atoms with van der Waals surface area (Å²) in [4.78, 5) is 11.2. The van der Waals surface area contributed by atoms with Gasteiger partial charge in [0.25, 0.3) is 0 Å². The molecule has 0 atom stereocenters. The Kier molecular flexibility index (Phi) is 8.12. The number of ether oxygens (including phenoxy) is 1. The third-order valence-electron chi connectivity index (χ3n) is 5.00. The molecule has 3 rings (SSSR count). The fourth-order valence-corrected chi connectivity index (χ4v) is 5.34. The molecule has 1 saturated carbocycles. The van der Waals surface area contributed by atoms with Gasteiger partial charge in [0.1, 0.15) is 0 Å². The number of aliphatic imine (C=N–C) groups is 1. The van der Waals surface area contributed by atoms with Crippen LogP contribution in [0.25, 0.3) is 0 Å². The minimum atomic E-state index is 0. The smallest absolute Gasteiger partial charge is 0.218 e. The molecule has 1 aliphatic carbocycles. The molecule has 2 fully saturated rings. The summed E-state index contributed by atoms with van der Waals surface area (Å²) in [5.41, 5.74) is 1.06. The molecule has 0 bridgehead atoms. The van der Waals surface area contributed by atoms with Crippen LogP contribution in [0.15, 0.2) is 23.3 Å². The lowest BCUT2D eigenvalue weighted by atomic mass is 9.87. The van der Waals surface area contributed by atoms with Crippen molar-refractivity contribution in [3.05, 3.63) is 23.9 Å². The lowest BCUT2D eigenvalue weighted by Gasteiger charge is -2.45. The van der Waals surface area contributed by atoms with E-state index in [1.54, 1.807) is 13.3 Å². The van der Waals surface area contributed by atoms with Crippen LogP contribution in [0.4, 0.5) is 0 Å². The Morgan fingerprint density at radius 3 is 2.92 bits per heavy atom. The predicted molar refractivity (Wildman–Crippen MR) is 116 cm³/mol. The van der Waals surface area contributed by atoms with Crippen molar-refractivity contribution in [1.29, 1.82) is 0 Å². The number of thioether (sulfide) groups is 1. The molecule has 140 valence electrons. The first-order valence-corrected chi connectivity index (χ1v) is 9.82. The summed E-state index contributed by atoms with van der Waals surface area (Å²) < 4.78 is 5.78. The number of nitrogens with zero attached hydrogens (tertiary/aromatic N) is 3. The van der Waals surface area contributed by atoms with E-state index in [2.05, 4.69) is 32.0 Å². The molecule has 25 heavy (non-hydrogen) atoms. The fraction of sp³-hybridized carbons (Fsp3) is 0.667. The van der Waals surface area contributed by atoms with Crippen LogP contribution in [0.2, 0.25) is 0 Å². The van der Waals surface area contributed by atoms with Crippen molar-refractivity contribution in [3.8, 4) is 5.88 Å². The van der Waals surface area contributed by atoms with E-state index in [4.69, 9.17) is 4.74 Å². The van der Waals surface area contributed by atoms with E-state index in [9.17, 15) is 0 Å². The SMILES string of the molecule is CN=C(NCc1cccnc1OC)N1CCSC2(CCCCC2)C1.I. The summed E-state index contributed by atoms with van der Waals surface area (Å²) in [6, 6.07) is 3.98. The standard InChI is InChI=1S/C18H28N4OS.HI/c1-19-17(21-13-15-7-6-10-20-16(15)23-2)22-11-12-24-18(14-22)8-4-3-5-9-18;/h6-7,10H,3-5,8-9,11-14H2,1-2H3,(H,19,21);1H. The minimum absolute atomic E-state index is 0. The molecule has 1 spiro atoms. The van der Waals surface area contributed by atoms with Gasteiger partial charge in [-0.3, -0.25) is 4.99 Å². The maximum absolute atomic E-state index is 5.34. The number of halogens is 1. The highest BCUT2D eigenvalue weighted by Crippen LogP contribution is 2.42. The van der Waals surface area contributed by atoms with Crippen molar-refractivity contribution in [2.45, 2.75) is 43.4 Å². The molecule has 0 radical (unpaired) electrons. The van der Waals surface area contributed by atoms with Crippen LogP contribution < -0.4 is 10.1 Å². The van der Waals surface area contributed by atoms with Gasteiger partial charge in [0.15, 0.2) is 5.96 Å². The lowest BCUT2D eigenvalue weighted by molar-refractivity contribution is 0.293. The number of pyridine rings is 1. The molecular formula is C18H29IN4OS. The monoisotopic (exact) mass is 476 g/mol. The molecule has 1 aromatic heterocycles. The lowest BCUT2D eigenvalue weighted by Crippen LogP contribution is -2.53. The van der Waals surface area contributed by atoms with Crippen LogP contribution in [0.1, 0.15) is 37.7 Å². The van der Waals surface area contributed by atoms with Gasteiger partial charge in [-0.05, 0) is 18.9 Å². The van der Waals surface area contributed by atoms with E-state index in [0.29, 0.717) is 17.2 Å². The van der Waals surface area contributed by atoms with E-state index in [0.717, 1.165) is 24.6 Å². The first-order chi connectivity index (χ1) is 11.8. The normalized spacial score (nSPS) is 20.1. The third kappa shape index (κ3) is 5.15. The summed E-state index contributed by atoms with van der Waals surface area (Å²) >= 11 is 2.18. The molecule has 1 aliphatic heterocycles. The molecule has 0 aromatic carbocycles. The topological polar surface area (TPSA) is 49.8 Å². The highest BCUT2D eigenvalue weighted by atomic mass is 127. The van der Waals surface area contributed by atoms with E-state index in [1.807, 2.05) is 19.2 Å². The Labute approximate surface area is 172 Å². The molecule has 1 aromatic rings. The Hall–Kier alpha value is -0.700. The van der Waals surface area contributed by atoms with Crippen LogP contribution in [-0.2, 0) is 6.54 Å². The molecule has 2 aliphatic rings. The number of methoxy groups -OCH3 is 1. The number of rotatable bonds is 3. The second-order valence-electron chi connectivity index (χ2n) is 6.59. The van der Waals surface area contributed by atoms with Gasteiger partial charge >= 0.3 is 0 Å². The summed E-state index contributed by atoms with van der Waals surface area (Å²) in [6.07, 6.45) is 8.60. The first-order valence-electron chi connectivity index (χ1n) is 8.84. The van der Waals surface area contributed by atoms with Crippen molar-refractivity contribution < 1.29 is 4.74 Å². The average Bonchev–Trinajstić information content (AvgIpc) is 2.63. The second-order valence-corrected chi connectivity index (χ2v) is 8.15. The summed E-state index contributed by atoms with van der Waals surface area (Å²) in [5.74, 6) is 2.86. The molecule has 7 heteroatoms. The molecule has 0 amide bonds. The van der Waals surface area contributed by atoms with E-state index in [1.165, 1.54) is 37.9 Å². The van der Waals surface area contributed by atoms with Crippen LogP contribution in [0.5, 0.6) is 5.88 Å². The van der Waals surface area contributed by atoms with Crippen molar-refractivity contribution in [3.63, 3.8) is 0 Å². The molecule has 0 unspecified atom stereocenters. The maximum atomic E-state index is 5.34. The summed E-state index contributed by atoms with van der Waals surface area (Å²) in [5, 5.41) is 3.50. The van der Waals surface area contributed by atoms with Crippen molar-refractivity contribution >= 4 is 41.7 Å².